The third-order valence-corrected chi connectivity index (χ3v) is 6.50. The van der Waals surface area contributed by atoms with E-state index in [-0.39, 0.29) is 28.3 Å². The van der Waals surface area contributed by atoms with Crippen molar-refractivity contribution in [2.75, 3.05) is 39.4 Å². The van der Waals surface area contributed by atoms with Gasteiger partial charge in [0.25, 0.3) is 11.6 Å². The van der Waals surface area contributed by atoms with E-state index in [1.165, 1.54) is 12.1 Å². The molecule has 34 heavy (non-hydrogen) atoms. The fraction of sp³-hybridized carbons (Fsp3) is 0.360. The van der Waals surface area contributed by atoms with Gasteiger partial charge in [-0.2, -0.15) is 0 Å². The molecule has 1 atom stereocenters. The molecule has 0 unspecified atom stereocenters. The number of morpholine rings is 1. The zero-order chi connectivity index (χ0) is 23.8. The highest BCUT2D eigenvalue weighted by Gasteiger charge is 2.42. The first-order valence-corrected chi connectivity index (χ1v) is 11.4. The molecule has 0 radical (unpaired) electrons. The van der Waals surface area contributed by atoms with Crippen LogP contribution in [0.25, 0.3) is 11.0 Å². The van der Waals surface area contributed by atoms with Crippen LogP contribution in [0.2, 0.25) is 0 Å². The third-order valence-electron chi connectivity index (χ3n) is 6.50. The molecule has 1 fully saturated rings. The van der Waals surface area contributed by atoms with Gasteiger partial charge in [-0.1, -0.05) is 23.8 Å². The zero-order valence-electron chi connectivity index (χ0n) is 18.9. The Morgan fingerprint density at radius 1 is 1.09 bits per heavy atom. The summed E-state index contributed by atoms with van der Waals surface area (Å²) in [5.41, 5.74) is 1.66. The largest absolute Gasteiger partial charge is 0.450 e. The number of amides is 1. The summed E-state index contributed by atoms with van der Waals surface area (Å²) in [5.74, 6) is -0.350. The van der Waals surface area contributed by atoms with E-state index in [4.69, 9.17) is 9.15 Å². The average Bonchev–Trinajstić information content (AvgIpc) is 3.12. The Kier molecular flexibility index (Phi) is 5.89. The van der Waals surface area contributed by atoms with Crippen molar-refractivity contribution in [1.82, 2.24) is 9.80 Å². The molecule has 3 aromatic rings. The predicted octanol–water partition coefficient (Wildman–Crippen LogP) is 3.28. The van der Waals surface area contributed by atoms with E-state index >= 15 is 0 Å². The van der Waals surface area contributed by atoms with Gasteiger partial charge in [0.1, 0.15) is 5.58 Å². The first-order chi connectivity index (χ1) is 16.4. The molecule has 3 heterocycles. The summed E-state index contributed by atoms with van der Waals surface area (Å²) in [4.78, 5) is 41.9. The number of aryl methyl sites for hydroxylation is 1. The first-order valence-electron chi connectivity index (χ1n) is 11.4. The Hall–Kier alpha value is -3.56. The van der Waals surface area contributed by atoms with Crippen molar-refractivity contribution >= 4 is 22.6 Å². The van der Waals surface area contributed by atoms with Gasteiger partial charge in [0.05, 0.1) is 35.1 Å². The summed E-state index contributed by atoms with van der Waals surface area (Å²) in [6, 6.07) is 10.7. The normalized spacial score (nSPS) is 18.4. The number of rotatable bonds is 6. The van der Waals surface area contributed by atoms with E-state index in [9.17, 15) is 19.7 Å². The molecular weight excluding hydrogens is 438 g/mol. The van der Waals surface area contributed by atoms with Crippen molar-refractivity contribution in [1.29, 1.82) is 0 Å². The summed E-state index contributed by atoms with van der Waals surface area (Å²) in [6.07, 6.45) is 0.692. The quantitative estimate of drug-likeness (QED) is 0.408. The van der Waals surface area contributed by atoms with E-state index in [0.717, 1.165) is 25.2 Å². The van der Waals surface area contributed by atoms with Crippen molar-refractivity contribution in [3.8, 4) is 0 Å². The summed E-state index contributed by atoms with van der Waals surface area (Å²) >= 11 is 0. The Bertz CT molecular complexity index is 1330. The van der Waals surface area contributed by atoms with Gasteiger partial charge in [-0.05, 0) is 31.0 Å². The highest BCUT2D eigenvalue weighted by atomic mass is 16.6. The van der Waals surface area contributed by atoms with Crippen molar-refractivity contribution in [2.24, 2.45) is 0 Å². The number of ether oxygens (including phenoxy) is 1. The van der Waals surface area contributed by atoms with Crippen LogP contribution < -0.4 is 5.43 Å². The molecular formula is C25H25N3O6. The SMILES string of the molecule is Cc1ccc2oc3c(c(=O)c2c1)[C@@H](c1cccc([N+](=O)[O-])c1)N(CCCN1CCOCC1)C3=O. The molecule has 1 saturated heterocycles. The fourth-order valence-electron chi connectivity index (χ4n) is 4.81. The lowest BCUT2D eigenvalue weighted by Crippen LogP contribution is -2.38. The molecule has 0 bridgehead atoms. The average molecular weight is 463 g/mol. The Morgan fingerprint density at radius 2 is 1.88 bits per heavy atom. The van der Waals surface area contributed by atoms with Gasteiger partial charge in [0.15, 0.2) is 5.43 Å². The summed E-state index contributed by atoms with van der Waals surface area (Å²) in [6.45, 7) is 6.12. The van der Waals surface area contributed by atoms with E-state index in [2.05, 4.69) is 4.90 Å². The van der Waals surface area contributed by atoms with Crippen LogP contribution in [-0.2, 0) is 4.74 Å². The van der Waals surface area contributed by atoms with Crippen LogP contribution in [0.15, 0.2) is 51.7 Å². The molecule has 5 rings (SSSR count). The number of nitrogens with zero attached hydrogens (tertiary/aromatic N) is 3. The minimum absolute atomic E-state index is 0.0178. The number of carbonyl (C=O) groups excluding carboxylic acids is 1. The number of hydrogen-bond donors (Lipinski definition) is 0. The van der Waals surface area contributed by atoms with E-state index < -0.39 is 11.0 Å². The van der Waals surface area contributed by atoms with Gasteiger partial charge >= 0.3 is 0 Å². The predicted molar refractivity (Wildman–Crippen MR) is 125 cm³/mol. The molecule has 0 spiro atoms. The standard InChI is InChI=1S/C25H25N3O6/c1-16-6-7-20-19(14-16)23(29)21-22(17-4-2-5-18(15-17)28(31)32)27(25(30)24(21)34-20)9-3-8-26-10-12-33-13-11-26/h2,4-7,14-15,22H,3,8-13H2,1H3/t22-/m1/s1. The monoisotopic (exact) mass is 463 g/mol. The van der Waals surface area contributed by atoms with Crippen LogP contribution in [0.1, 0.15) is 39.7 Å². The van der Waals surface area contributed by atoms with E-state index in [1.807, 2.05) is 13.0 Å². The number of fused-ring (bicyclic) bond motifs is 2. The number of non-ortho nitro benzene ring substituents is 1. The van der Waals surface area contributed by atoms with Crippen LogP contribution in [0.3, 0.4) is 0 Å². The summed E-state index contributed by atoms with van der Waals surface area (Å²) < 4.78 is 11.4. The number of nitro benzene ring substituents is 1. The number of hydrogen-bond acceptors (Lipinski definition) is 7. The van der Waals surface area contributed by atoms with Crippen molar-refractivity contribution in [3.63, 3.8) is 0 Å². The maximum Gasteiger partial charge on any atom is 0.290 e. The smallest absolute Gasteiger partial charge is 0.290 e. The van der Waals surface area contributed by atoms with Gasteiger partial charge in [-0.25, -0.2) is 0 Å². The second kappa shape index (κ2) is 9.00. The molecule has 0 N–H and O–H groups in total. The number of nitro groups is 1. The lowest BCUT2D eigenvalue weighted by Gasteiger charge is -2.29. The molecule has 9 heteroatoms. The van der Waals surface area contributed by atoms with Crippen LogP contribution in [-0.4, -0.2) is 60.0 Å². The Balaban J connectivity index is 1.56. The molecule has 0 saturated carbocycles. The van der Waals surface area contributed by atoms with Crippen molar-refractivity contribution < 1.29 is 18.9 Å². The van der Waals surface area contributed by atoms with Crippen LogP contribution in [0, 0.1) is 17.0 Å². The fourth-order valence-corrected chi connectivity index (χ4v) is 4.81. The minimum Gasteiger partial charge on any atom is -0.450 e. The second-order valence-electron chi connectivity index (χ2n) is 8.73. The second-order valence-corrected chi connectivity index (χ2v) is 8.73. The maximum absolute atomic E-state index is 13.6. The molecule has 1 aromatic heterocycles. The molecule has 1 amide bonds. The first kappa shape index (κ1) is 22.2. The van der Waals surface area contributed by atoms with Gasteiger partial charge in [0.2, 0.25) is 5.76 Å². The molecule has 2 aliphatic heterocycles. The molecule has 0 aliphatic carbocycles. The lowest BCUT2D eigenvalue weighted by molar-refractivity contribution is -0.384. The van der Waals surface area contributed by atoms with Crippen LogP contribution in [0.4, 0.5) is 5.69 Å². The zero-order valence-corrected chi connectivity index (χ0v) is 18.9. The third kappa shape index (κ3) is 3.97. The molecule has 9 nitrogen and oxygen atoms in total. The van der Waals surface area contributed by atoms with Gasteiger partial charge in [-0.15, -0.1) is 0 Å². The van der Waals surface area contributed by atoms with E-state index in [0.29, 0.717) is 42.7 Å². The Morgan fingerprint density at radius 3 is 2.65 bits per heavy atom. The van der Waals surface area contributed by atoms with Gasteiger partial charge in [0, 0.05) is 38.3 Å². The maximum atomic E-state index is 13.6. The Labute approximate surface area is 195 Å². The summed E-state index contributed by atoms with van der Waals surface area (Å²) in [5, 5.41) is 11.8. The molecule has 2 aliphatic rings. The summed E-state index contributed by atoms with van der Waals surface area (Å²) in [7, 11) is 0. The number of benzene rings is 2. The van der Waals surface area contributed by atoms with Crippen LogP contribution >= 0.6 is 0 Å². The highest BCUT2D eigenvalue weighted by molar-refractivity contribution is 5.99. The van der Waals surface area contributed by atoms with Gasteiger partial charge in [-0.3, -0.25) is 24.6 Å². The van der Waals surface area contributed by atoms with Crippen molar-refractivity contribution in [3.05, 3.63) is 85.3 Å². The van der Waals surface area contributed by atoms with Gasteiger partial charge < -0.3 is 14.1 Å². The number of carbonyl (C=O) groups is 1. The molecule has 176 valence electrons. The molecule has 2 aromatic carbocycles. The van der Waals surface area contributed by atoms with E-state index in [1.54, 1.807) is 29.2 Å². The lowest BCUT2D eigenvalue weighted by atomic mass is 9.97. The minimum atomic E-state index is -0.742. The van der Waals surface area contributed by atoms with Crippen molar-refractivity contribution in [2.45, 2.75) is 19.4 Å². The highest BCUT2D eigenvalue weighted by Crippen LogP contribution is 2.39. The topological polar surface area (TPSA) is 106 Å². The van der Waals surface area contributed by atoms with Crippen LogP contribution in [0.5, 0.6) is 0 Å².